The van der Waals surface area contributed by atoms with Crippen molar-refractivity contribution < 1.29 is 17.9 Å². The molecule has 0 bridgehead atoms. The van der Waals surface area contributed by atoms with Crippen molar-refractivity contribution in [2.24, 2.45) is 0 Å². The first kappa shape index (κ1) is 23.3. The molecule has 1 unspecified atom stereocenters. The minimum atomic E-state index is -3.98. The van der Waals surface area contributed by atoms with E-state index in [2.05, 4.69) is 5.32 Å². The molecule has 0 aliphatic rings. The Labute approximate surface area is 189 Å². The quantitative estimate of drug-likeness (QED) is 0.520. The van der Waals surface area contributed by atoms with Gasteiger partial charge in [-0.3, -0.25) is 9.10 Å². The van der Waals surface area contributed by atoms with Gasteiger partial charge in [0.25, 0.3) is 10.0 Å². The Bertz CT molecular complexity index is 1130. The Hall–Kier alpha value is -3.32. The molecule has 0 fully saturated rings. The van der Waals surface area contributed by atoms with E-state index >= 15 is 0 Å². The number of methoxy groups -OCH3 is 1. The lowest BCUT2D eigenvalue weighted by atomic mass is 10.0. The molecule has 1 N–H and O–H groups in total. The summed E-state index contributed by atoms with van der Waals surface area (Å²) in [6.45, 7) is 3.56. The summed E-state index contributed by atoms with van der Waals surface area (Å²) in [6.07, 6.45) is 0.686. The molecule has 0 saturated heterocycles. The standard InChI is InChI=1S/C25H28N2O4S/c1-4-24(20-8-6-5-7-9-20)26-25(28)18-27(21-12-10-19(2)11-13-21)32(29,30)23-16-14-22(31-3)15-17-23/h5-17,24H,4,18H2,1-3H3,(H,26,28). The van der Waals surface area contributed by atoms with Gasteiger partial charge in [0.15, 0.2) is 0 Å². The van der Waals surface area contributed by atoms with Gasteiger partial charge in [0, 0.05) is 0 Å². The second-order valence-electron chi connectivity index (χ2n) is 7.46. The molecule has 3 aromatic rings. The maximum absolute atomic E-state index is 13.5. The molecule has 6 nitrogen and oxygen atoms in total. The minimum Gasteiger partial charge on any atom is -0.497 e. The fourth-order valence-electron chi connectivity index (χ4n) is 3.38. The van der Waals surface area contributed by atoms with Crippen LogP contribution in [0.1, 0.15) is 30.5 Å². The second-order valence-corrected chi connectivity index (χ2v) is 9.32. The van der Waals surface area contributed by atoms with Gasteiger partial charge in [0.1, 0.15) is 12.3 Å². The van der Waals surface area contributed by atoms with Crippen LogP contribution < -0.4 is 14.4 Å². The van der Waals surface area contributed by atoms with Gasteiger partial charge < -0.3 is 10.1 Å². The summed E-state index contributed by atoms with van der Waals surface area (Å²) >= 11 is 0. The monoisotopic (exact) mass is 452 g/mol. The Morgan fingerprint density at radius 3 is 2.16 bits per heavy atom. The third-order valence-corrected chi connectivity index (χ3v) is 6.99. The molecular formula is C25H28N2O4S. The molecule has 168 valence electrons. The van der Waals surface area contributed by atoms with Crippen LogP contribution in [0.2, 0.25) is 0 Å². The van der Waals surface area contributed by atoms with Gasteiger partial charge in [-0.05, 0) is 55.3 Å². The molecule has 3 rings (SSSR count). The molecule has 0 aliphatic carbocycles. The highest BCUT2D eigenvalue weighted by Gasteiger charge is 2.28. The van der Waals surface area contributed by atoms with Crippen LogP contribution >= 0.6 is 0 Å². The smallest absolute Gasteiger partial charge is 0.264 e. The van der Waals surface area contributed by atoms with E-state index in [1.807, 2.05) is 56.3 Å². The maximum Gasteiger partial charge on any atom is 0.264 e. The van der Waals surface area contributed by atoms with Crippen LogP contribution in [0.15, 0.2) is 83.8 Å². The highest BCUT2D eigenvalue weighted by Crippen LogP contribution is 2.26. The number of anilines is 1. The van der Waals surface area contributed by atoms with E-state index in [1.165, 1.54) is 19.2 Å². The Balaban J connectivity index is 1.90. The summed E-state index contributed by atoms with van der Waals surface area (Å²) in [7, 11) is -2.46. The molecule has 0 radical (unpaired) electrons. The van der Waals surface area contributed by atoms with Crippen LogP contribution in [-0.2, 0) is 14.8 Å². The highest BCUT2D eigenvalue weighted by atomic mass is 32.2. The molecule has 0 aliphatic heterocycles. The van der Waals surface area contributed by atoms with E-state index in [0.717, 1.165) is 15.4 Å². The number of benzene rings is 3. The molecule has 1 amide bonds. The second kappa shape index (κ2) is 10.3. The summed E-state index contributed by atoms with van der Waals surface area (Å²) in [5.41, 5.74) is 2.40. The summed E-state index contributed by atoms with van der Waals surface area (Å²) in [5.74, 6) is 0.176. The first-order chi connectivity index (χ1) is 15.3. The Morgan fingerprint density at radius 2 is 1.59 bits per heavy atom. The molecule has 0 heterocycles. The Kier molecular flexibility index (Phi) is 7.53. The molecular weight excluding hydrogens is 424 g/mol. The zero-order valence-corrected chi connectivity index (χ0v) is 19.3. The first-order valence-electron chi connectivity index (χ1n) is 10.4. The van der Waals surface area contributed by atoms with Crippen molar-refractivity contribution >= 4 is 21.6 Å². The first-order valence-corrected chi connectivity index (χ1v) is 11.9. The predicted octanol–water partition coefficient (Wildman–Crippen LogP) is 4.47. The van der Waals surface area contributed by atoms with Gasteiger partial charge in [-0.1, -0.05) is 55.0 Å². The largest absolute Gasteiger partial charge is 0.497 e. The zero-order chi connectivity index (χ0) is 23.1. The summed E-state index contributed by atoms with van der Waals surface area (Å²) in [5, 5.41) is 2.97. The van der Waals surface area contributed by atoms with Crippen LogP contribution in [0, 0.1) is 6.92 Å². The van der Waals surface area contributed by atoms with Gasteiger partial charge in [0.05, 0.1) is 23.7 Å². The number of nitrogens with zero attached hydrogens (tertiary/aromatic N) is 1. The molecule has 7 heteroatoms. The van der Waals surface area contributed by atoms with E-state index in [4.69, 9.17) is 4.74 Å². The number of amides is 1. The molecule has 3 aromatic carbocycles. The maximum atomic E-state index is 13.5. The van der Waals surface area contributed by atoms with Crippen molar-refractivity contribution in [3.63, 3.8) is 0 Å². The molecule has 0 spiro atoms. The van der Waals surface area contributed by atoms with Crippen LogP contribution in [0.4, 0.5) is 5.69 Å². The van der Waals surface area contributed by atoms with Gasteiger partial charge >= 0.3 is 0 Å². The van der Waals surface area contributed by atoms with E-state index in [1.54, 1.807) is 24.3 Å². The number of carbonyl (C=O) groups is 1. The van der Waals surface area contributed by atoms with Crippen LogP contribution in [0.3, 0.4) is 0 Å². The van der Waals surface area contributed by atoms with Crippen LogP contribution in [0.25, 0.3) is 0 Å². The number of hydrogen-bond acceptors (Lipinski definition) is 4. The van der Waals surface area contributed by atoms with E-state index < -0.39 is 10.0 Å². The number of hydrogen-bond donors (Lipinski definition) is 1. The van der Waals surface area contributed by atoms with Crippen LogP contribution in [-0.4, -0.2) is 28.0 Å². The summed E-state index contributed by atoms with van der Waals surface area (Å²) in [4.78, 5) is 13.1. The number of ether oxygens (including phenoxy) is 1. The lowest BCUT2D eigenvalue weighted by molar-refractivity contribution is -0.120. The normalized spacial score (nSPS) is 12.1. The number of sulfonamides is 1. The number of nitrogens with one attached hydrogen (secondary N) is 1. The third-order valence-electron chi connectivity index (χ3n) is 5.20. The zero-order valence-electron chi connectivity index (χ0n) is 18.5. The van der Waals surface area contributed by atoms with Gasteiger partial charge in [-0.25, -0.2) is 8.42 Å². The SMILES string of the molecule is CCC(NC(=O)CN(c1ccc(C)cc1)S(=O)(=O)c1ccc(OC)cc1)c1ccccc1. The third kappa shape index (κ3) is 5.48. The van der Waals surface area contributed by atoms with Crippen molar-refractivity contribution in [1.82, 2.24) is 5.32 Å². The molecule has 0 saturated carbocycles. The highest BCUT2D eigenvalue weighted by molar-refractivity contribution is 7.92. The number of aryl methyl sites for hydroxylation is 1. The number of carbonyl (C=O) groups excluding carboxylic acids is 1. The fraction of sp³-hybridized carbons (Fsp3) is 0.240. The van der Waals surface area contributed by atoms with Crippen molar-refractivity contribution in [2.75, 3.05) is 18.0 Å². The van der Waals surface area contributed by atoms with Gasteiger partial charge in [-0.15, -0.1) is 0 Å². The van der Waals surface area contributed by atoms with E-state index in [9.17, 15) is 13.2 Å². The molecule has 0 aromatic heterocycles. The van der Waals surface area contributed by atoms with Crippen LogP contribution in [0.5, 0.6) is 5.75 Å². The summed E-state index contributed by atoms with van der Waals surface area (Å²) < 4.78 is 33.2. The summed E-state index contributed by atoms with van der Waals surface area (Å²) in [6, 6.07) is 22.6. The van der Waals surface area contributed by atoms with Crippen molar-refractivity contribution in [3.05, 3.63) is 90.0 Å². The molecule has 32 heavy (non-hydrogen) atoms. The fourth-order valence-corrected chi connectivity index (χ4v) is 4.80. The average Bonchev–Trinajstić information content (AvgIpc) is 2.82. The van der Waals surface area contributed by atoms with E-state index in [-0.39, 0.29) is 23.4 Å². The lowest BCUT2D eigenvalue weighted by Gasteiger charge is -2.26. The van der Waals surface area contributed by atoms with E-state index in [0.29, 0.717) is 17.9 Å². The van der Waals surface area contributed by atoms with Crippen molar-refractivity contribution in [2.45, 2.75) is 31.2 Å². The minimum absolute atomic E-state index is 0.0850. The van der Waals surface area contributed by atoms with Gasteiger partial charge in [0.2, 0.25) is 5.91 Å². The van der Waals surface area contributed by atoms with Gasteiger partial charge in [-0.2, -0.15) is 0 Å². The topological polar surface area (TPSA) is 75.7 Å². The average molecular weight is 453 g/mol. The predicted molar refractivity (Wildman–Crippen MR) is 126 cm³/mol. The Morgan fingerprint density at radius 1 is 0.969 bits per heavy atom. The lowest BCUT2D eigenvalue weighted by Crippen LogP contribution is -2.42. The van der Waals surface area contributed by atoms with Crippen molar-refractivity contribution in [3.8, 4) is 5.75 Å². The number of rotatable bonds is 9. The van der Waals surface area contributed by atoms with Crippen molar-refractivity contribution in [1.29, 1.82) is 0 Å². The molecule has 1 atom stereocenters.